The van der Waals surface area contributed by atoms with Gasteiger partial charge in [0, 0.05) is 30.4 Å². The number of carbonyl (C=O) groups is 1. The summed E-state index contributed by atoms with van der Waals surface area (Å²) >= 11 is 5.93. The first-order chi connectivity index (χ1) is 11.6. The van der Waals surface area contributed by atoms with Gasteiger partial charge in [-0.2, -0.15) is 0 Å². The number of rotatable bonds is 5. The van der Waals surface area contributed by atoms with Gasteiger partial charge in [0.15, 0.2) is 5.75 Å². The standard InChI is InChI=1S/C16H15ClN4O3/c1-24-15-8-19-12(7-14(15)22)16(23)18-4-5-21-9-20-11-6-10(17)2-3-13(11)21/h2-3,6-9H,4-5H2,1H3,(H,18,23)(H,19,22). The lowest BCUT2D eigenvalue weighted by atomic mass is 10.3. The molecule has 8 heteroatoms. The van der Waals surface area contributed by atoms with E-state index in [1.807, 2.05) is 10.6 Å². The molecule has 0 aliphatic heterocycles. The number of benzene rings is 1. The van der Waals surface area contributed by atoms with Crippen LogP contribution in [0.25, 0.3) is 11.0 Å². The number of halogens is 1. The number of fused-ring (bicyclic) bond motifs is 1. The van der Waals surface area contributed by atoms with Gasteiger partial charge in [-0.3, -0.25) is 9.59 Å². The van der Waals surface area contributed by atoms with Gasteiger partial charge in [0.2, 0.25) is 5.43 Å². The SMILES string of the molecule is COc1c[nH]c(C(=O)NCCn2cnc3cc(Cl)ccc32)cc1=O. The van der Waals surface area contributed by atoms with Gasteiger partial charge in [-0.05, 0) is 18.2 Å². The largest absolute Gasteiger partial charge is 0.491 e. The van der Waals surface area contributed by atoms with Gasteiger partial charge in [0.25, 0.3) is 5.91 Å². The van der Waals surface area contributed by atoms with Gasteiger partial charge in [0.05, 0.1) is 24.5 Å². The molecular formula is C16H15ClN4O3. The summed E-state index contributed by atoms with van der Waals surface area (Å²) in [6, 6.07) is 6.67. The molecule has 2 heterocycles. The lowest BCUT2D eigenvalue weighted by molar-refractivity contribution is 0.0947. The molecule has 1 amide bonds. The van der Waals surface area contributed by atoms with Crippen LogP contribution in [-0.4, -0.2) is 34.1 Å². The minimum absolute atomic E-state index is 0.162. The van der Waals surface area contributed by atoms with Crippen molar-refractivity contribution in [3.63, 3.8) is 0 Å². The molecule has 2 aromatic heterocycles. The Kier molecular flexibility index (Phi) is 4.52. The van der Waals surface area contributed by atoms with Gasteiger partial charge < -0.3 is 19.6 Å². The number of aromatic nitrogens is 3. The third-order valence-corrected chi connectivity index (χ3v) is 3.80. The summed E-state index contributed by atoms with van der Waals surface area (Å²) in [4.78, 5) is 30.7. The summed E-state index contributed by atoms with van der Waals surface area (Å²) in [6.07, 6.45) is 3.06. The van der Waals surface area contributed by atoms with Crippen molar-refractivity contribution >= 4 is 28.5 Å². The highest BCUT2D eigenvalue weighted by molar-refractivity contribution is 6.31. The van der Waals surface area contributed by atoms with E-state index in [4.69, 9.17) is 16.3 Å². The van der Waals surface area contributed by atoms with Crippen molar-refractivity contribution in [1.82, 2.24) is 19.9 Å². The predicted octanol–water partition coefficient (Wildman–Crippen LogP) is 1.82. The van der Waals surface area contributed by atoms with Crippen molar-refractivity contribution in [3.05, 3.63) is 57.7 Å². The summed E-state index contributed by atoms with van der Waals surface area (Å²) in [5.41, 5.74) is 1.57. The number of pyridine rings is 1. The van der Waals surface area contributed by atoms with Crippen molar-refractivity contribution in [2.75, 3.05) is 13.7 Å². The summed E-state index contributed by atoms with van der Waals surface area (Å²) in [5.74, 6) is -0.197. The van der Waals surface area contributed by atoms with E-state index in [0.717, 1.165) is 11.0 Å². The summed E-state index contributed by atoms with van der Waals surface area (Å²) in [7, 11) is 1.40. The third kappa shape index (κ3) is 3.26. The molecule has 2 N–H and O–H groups in total. The van der Waals surface area contributed by atoms with E-state index in [-0.39, 0.29) is 22.8 Å². The maximum absolute atomic E-state index is 12.1. The average molecular weight is 347 g/mol. The van der Waals surface area contributed by atoms with Gasteiger partial charge in [-0.15, -0.1) is 0 Å². The Hall–Kier alpha value is -2.80. The summed E-state index contributed by atoms with van der Waals surface area (Å²) < 4.78 is 6.78. The fourth-order valence-corrected chi connectivity index (χ4v) is 2.52. The van der Waals surface area contributed by atoms with E-state index in [0.29, 0.717) is 18.1 Å². The van der Waals surface area contributed by atoms with Crippen LogP contribution in [0.3, 0.4) is 0 Å². The summed E-state index contributed by atoms with van der Waals surface area (Å²) in [6.45, 7) is 0.936. The Bertz CT molecular complexity index is 948. The number of hydrogen-bond donors (Lipinski definition) is 2. The van der Waals surface area contributed by atoms with E-state index in [1.165, 1.54) is 19.4 Å². The second-order valence-corrected chi connectivity index (χ2v) is 5.54. The Balaban J connectivity index is 1.64. The molecule has 0 fully saturated rings. The van der Waals surface area contributed by atoms with Crippen LogP contribution in [0.15, 0.2) is 41.6 Å². The number of H-pyrrole nitrogens is 1. The van der Waals surface area contributed by atoms with Crippen LogP contribution in [0.4, 0.5) is 0 Å². The van der Waals surface area contributed by atoms with E-state index in [9.17, 15) is 9.59 Å². The zero-order chi connectivity index (χ0) is 17.1. The number of nitrogens with zero attached hydrogens (tertiary/aromatic N) is 2. The highest BCUT2D eigenvalue weighted by Crippen LogP contribution is 2.17. The van der Waals surface area contributed by atoms with E-state index >= 15 is 0 Å². The van der Waals surface area contributed by atoms with Crippen LogP contribution in [0.5, 0.6) is 5.75 Å². The molecule has 0 aliphatic rings. The maximum atomic E-state index is 12.1. The minimum atomic E-state index is -0.359. The van der Waals surface area contributed by atoms with Gasteiger partial charge in [-0.25, -0.2) is 4.98 Å². The second-order valence-electron chi connectivity index (χ2n) is 5.11. The Labute approximate surface area is 142 Å². The summed E-state index contributed by atoms with van der Waals surface area (Å²) in [5, 5.41) is 3.38. The van der Waals surface area contributed by atoms with Crippen molar-refractivity contribution in [2.24, 2.45) is 0 Å². The first-order valence-corrected chi connectivity index (χ1v) is 7.61. The molecule has 0 saturated carbocycles. The van der Waals surface area contributed by atoms with Gasteiger partial charge in [0.1, 0.15) is 5.69 Å². The molecule has 0 saturated heterocycles. The van der Waals surface area contributed by atoms with Crippen molar-refractivity contribution < 1.29 is 9.53 Å². The third-order valence-electron chi connectivity index (χ3n) is 3.56. The molecule has 3 rings (SSSR count). The lowest BCUT2D eigenvalue weighted by Gasteiger charge is -2.07. The maximum Gasteiger partial charge on any atom is 0.267 e. The van der Waals surface area contributed by atoms with Crippen molar-refractivity contribution in [2.45, 2.75) is 6.54 Å². The van der Waals surface area contributed by atoms with E-state index in [1.54, 1.807) is 18.5 Å². The smallest absolute Gasteiger partial charge is 0.267 e. The van der Waals surface area contributed by atoms with Crippen LogP contribution in [0, 0.1) is 0 Å². The molecule has 3 aromatic rings. The van der Waals surface area contributed by atoms with Gasteiger partial charge in [-0.1, -0.05) is 11.6 Å². The molecule has 0 aliphatic carbocycles. The number of carbonyl (C=O) groups excluding carboxylic acids is 1. The fraction of sp³-hybridized carbons (Fsp3) is 0.188. The van der Waals surface area contributed by atoms with Crippen LogP contribution in [0.1, 0.15) is 10.5 Å². The Morgan fingerprint density at radius 2 is 2.25 bits per heavy atom. The highest BCUT2D eigenvalue weighted by atomic mass is 35.5. The Morgan fingerprint density at radius 1 is 1.42 bits per heavy atom. The van der Waals surface area contributed by atoms with Gasteiger partial charge >= 0.3 is 0 Å². The quantitative estimate of drug-likeness (QED) is 0.737. The first kappa shape index (κ1) is 16.1. The minimum Gasteiger partial charge on any atom is -0.491 e. The molecule has 0 atom stereocenters. The van der Waals surface area contributed by atoms with Crippen molar-refractivity contribution in [3.8, 4) is 5.75 Å². The van der Waals surface area contributed by atoms with Crippen LogP contribution in [-0.2, 0) is 6.54 Å². The number of nitrogens with one attached hydrogen (secondary N) is 2. The van der Waals surface area contributed by atoms with Crippen molar-refractivity contribution in [1.29, 1.82) is 0 Å². The lowest BCUT2D eigenvalue weighted by Crippen LogP contribution is -2.28. The molecule has 0 radical (unpaired) electrons. The van der Waals surface area contributed by atoms with E-state index in [2.05, 4.69) is 15.3 Å². The predicted molar refractivity (Wildman–Crippen MR) is 90.7 cm³/mol. The molecule has 7 nitrogen and oxygen atoms in total. The molecule has 124 valence electrons. The number of methoxy groups -OCH3 is 1. The number of aromatic amines is 1. The topological polar surface area (TPSA) is 89.0 Å². The molecule has 24 heavy (non-hydrogen) atoms. The molecule has 0 bridgehead atoms. The highest BCUT2D eigenvalue weighted by Gasteiger charge is 2.09. The normalized spacial score (nSPS) is 10.8. The number of amides is 1. The first-order valence-electron chi connectivity index (χ1n) is 7.24. The second kappa shape index (κ2) is 6.76. The zero-order valence-corrected chi connectivity index (χ0v) is 13.6. The number of imidazole rings is 1. The number of ether oxygens (including phenoxy) is 1. The monoisotopic (exact) mass is 346 g/mol. The molecule has 0 spiro atoms. The van der Waals surface area contributed by atoms with Crippen LogP contribution in [0.2, 0.25) is 5.02 Å². The van der Waals surface area contributed by atoms with Crippen LogP contribution >= 0.6 is 11.6 Å². The fourth-order valence-electron chi connectivity index (χ4n) is 2.35. The molecular weight excluding hydrogens is 332 g/mol. The molecule has 1 aromatic carbocycles. The molecule has 0 unspecified atom stereocenters. The number of hydrogen-bond acceptors (Lipinski definition) is 4. The average Bonchev–Trinajstić information content (AvgIpc) is 2.96. The van der Waals surface area contributed by atoms with Crippen LogP contribution < -0.4 is 15.5 Å². The Morgan fingerprint density at radius 3 is 3.00 bits per heavy atom. The zero-order valence-electron chi connectivity index (χ0n) is 12.9. The van der Waals surface area contributed by atoms with E-state index < -0.39 is 0 Å².